The Labute approximate surface area is 97.4 Å². The highest BCUT2D eigenvalue weighted by atomic mass is 16.2. The number of nitriles is 1. The quantitative estimate of drug-likeness (QED) is 0.737. The van der Waals surface area contributed by atoms with Gasteiger partial charge < -0.3 is 10.6 Å². The van der Waals surface area contributed by atoms with Crippen LogP contribution in [0.1, 0.15) is 39.5 Å². The van der Waals surface area contributed by atoms with Crippen molar-refractivity contribution in [3.8, 4) is 6.07 Å². The van der Waals surface area contributed by atoms with Gasteiger partial charge in [-0.05, 0) is 25.2 Å². The van der Waals surface area contributed by atoms with Gasteiger partial charge in [0.05, 0.1) is 18.5 Å². The van der Waals surface area contributed by atoms with Gasteiger partial charge in [-0.15, -0.1) is 0 Å². The molecule has 1 saturated carbocycles. The summed E-state index contributed by atoms with van der Waals surface area (Å²) in [5, 5.41) is 8.56. The summed E-state index contributed by atoms with van der Waals surface area (Å²) >= 11 is 0. The zero-order valence-corrected chi connectivity index (χ0v) is 10.1. The van der Waals surface area contributed by atoms with Crippen molar-refractivity contribution in [3.63, 3.8) is 0 Å². The number of rotatable bonds is 6. The van der Waals surface area contributed by atoms with Crippen molar-refractivity contribution in [2.75, 3.05) is 6.54 Å². The first-order chi connectivity index (χ1) is 7.56. The maximum absolute atomic E-state index is 12.1. The van der Waals surface area contributed by atoms with Crippen LogP contribution in [0.15, 0.2) is 0 Å². The zero-order chi connectivity index (χ0) is 12.1. The predicted molar refractivity (Wildman–Crippen MR) is 62.4 cm³/mol. The second-order valence-electron chi connectivity index (χ2n) is 4.91. The number of amides is 1. The van der Waals surface area contributed by atoms with Gasteiger partial charge in [0.15, 0.2) is 0 Å². The van der Waals surface area contributed by atoms with Gasteiger partial charge >= 0.3 is 0 Å². The van der Waals surface area contributed by atoms with Crippen LogP contribution in [-0.4, -0.2) is 29.4 Å². The van der Waals surface area contributed by atoms with E-state index in [2.05, 4.69) is 19.9 Å². The second-order valence-corrected chi connectivity index (χ2v) is 4.91. The Morgan fingerprint density at radius 3 is 2.62 bits per heavy atom. The van der Waals surface area contributed by atoms with Crippen LogP contribution >= 0.6 is 0 Å². The van der Waals surface area contributed by atoms with E-state index in [0.29, 0.717) is 31.3 Å². The van der Waals surface area contributed by atoms with Gasteiger partial charge in [0, 0.05) is 12.6 Å². The van der Waals surface area contributed by atoms with Gasteiger partial charge in [0.1, 0.15) is 0 Å². The summed E-state index contributed by atoms with van der Waals surface area (Å²) in [6, 6.07) is 2.02. The average Bonchev–Trinajstić information content (AvgIpc) is 3.01. The lowest BCUT2D eigenvalue weighted by molar-refractivity contribution is -0.133. The van der Waals surface area contributed by atoms with Gasteiger partial charge in [-0.1, -0.05) is 13.8 Å². The fourth-order valence-corrected chi connectivity index (χ4v) is 1.85. The van der Waals surface area contributed by atoms with Crippen LogP contribution in [0.4, 0.5) is 0 Å². The largest absolute Gasteiger partial charge is 0.337 e. The summed E-state index contributed by atoms with van der Waals surface area (Å²) in [7, 11) is 0. The molecule has 1 rings (SSSR count). The molecule has 0 saturated heterocycles. The lowest BCUT2D eigenvalue weighted by atomic mass is 10.0. The number of hydrogen-bond acceptors (Lipinski definition) is 3. The molecule has 16 heavy (non-hydrogen) atoms. The lowest BCUT2D eigenvalue weighted by Crippen LogP contribution is -2.45. The number of hydrogen-bond donors (Lipinski definition) is 1. The van der Waals surface area contributed by atoms with E-state index >= 15 is 0 Å². The fraction of sp³-hybridized carbons (Fsp3) is 0.833. The standard InChI is InChI=1S/C12H21N3O/c1-9(2)8-11(14)12(16)15(7-3-6-13)10-4-5-10/h9-11H,3-5,7-8,14H2,1-2H3/t11-/m0/s1. The maximum atomic E-state index is 12.1. The molecule has 1 aliphatic carbocycles. The molecular formula is C12H21N3O. The van der Waals surface area contributed by atoms with E-state index in [1.165, 1.54) is 0 Å². The third-order valence-electron chi connectivity index (χ3n) is 2.78. The molecule has 0 aliphatic heterocycles. The van der Waals surface area contributed by atoms with E-state index in [1.807, 2.05) is 0 Å². The van der Waals surface area contributed by atoms with Crippen LogP contribution in [0.2, 0.25) is 0 Å². The summed E-state index contributed by atoms with van der Waals surface area (Å²) in [5.41, 5.74) is 5.88. The molecule has 2 N–H and O–H groups in total. The summed E-state index contributed by atoms with van der Waals surface area (Å²) in [5.74, 6) is 0.447. The van der Waals surface area contributed by atoms with Crippen molar-refractivity contribution in [2.24, 2.45) is 11.7 Å². The molecule has 1 aliphatic rings. The molecule has 90 valence electrons. The van der Waals surface area contributed by atoms with Crippen LogP contribution in [0, 0.1) is 17.2 Å². The van der Waals surface area contributed by atoms with Crippen molar-refractivity contribution < 1.29 is 4.79 Å². The lowest BCUT2D eigenvalue weighted by Gasteiger charge is -2.25. The van der Waals surface area contributed by atoms with E-state index in [4.69, 9.17) is 11.0 Å². The molecule has 4 nitrogen and oxygen atoms in total. The molecular weight excluding hydrogens is 202 g/mol. The highest BCUT2D eigenvalue weighted by Crippen LogP contribution is 2.27. The Kier molecular flexibility index (Phi) is 4.75. The smallest absolute Gasteiger partial charge is 0.239 e. The first-order valence-electron chi connectivity index (χ1n) is 5.99. The molecule has 1 fully saturated rings. The Morgan fingerprint density at radius 2 is 2.19 bits per heavy atom. The molecule has 0 aromatic rings. The van der Waals surface area contributed by atoms with E-state index in [0.717, 1.165) is 12.8 Å². The molecule has 0 aromatic carbocycles. The Balaban J connectivity index is 2.49. The third-order valence-corrected chi connectivity index (χ3v) is 2.78. The number of nitrogens with two attached hydrogens (primary N) is 1. The van der Waals surface area contributed by atoms with E-state index < -0.39 is 6.04 Å². The maximum Gasteiger partial charge on any atom is 0.239 e. The zero-order valence-electron chi connectivity index (χ0n) is 10.1. The number of carbonyl (C=O) groups is 1. The summed E-state index contributed by atoms with van der Waals surface area (Å²) in [6.45, 7) is 4.65. The Bertz CT molecular complexity index is 278. The average molecular weight is 223 g/mol. The number of nitrogens with zero attached hydrogens (tertiary/aromatic N) is 2. The Morgan fingerprint density at radius 1 is 1.56 bits per heavy atom. The topological polar surface area (TPSA) is 70.1 Å². The fourth-order valence-electron chi connectivity index (χ4n) is 1.85. The molecule has 4 heteroatoms. The minimum atomic E-state index is -0.403. The monoisotopic (exact) mass is 223 g/mol. The first-order valence-corrected chi connectivity index (χ1v) is 5.99. The van der Waals surface area contributed by atoms with Crippen LogP contribution in [-0.2, 0) is 4.79 Å². The minimum absolute atomic E-state index is 0.0199. The van der Waals surface area contributed by atoms with E-state index in [9.17, 15) is 4.79 Å². The molecule has 0 heterocycles. The molecule has 1 amide bonds. The van der Waals surface area contributed by atoms with Gasteiger partial charge in [0.2, 0.25) is 5.91 Å². The van der Waals surface area contributed by atoms with E-state index in [1.54, 1.807) is 4.90 Å². The molecule has 0 aromatic heterocycles. The molecule has 0 bridgehead atoms. The highest BCUT2D eigenvalue weighted by Gasteiger charge is 2.34. The van der Waals surface area contributed by atoms with Gasteiger partial charge in [-0.25, -0.2) is 0 Å². The highest BCUT2D eigenvalue weighted by molar-refractivity contribution is 5.82. The minimum Gasteiger partial charge on any atom is -0.337 e. The van der Waals surface area contributed by atoms with Crippen molar-refractivity contribution in [2.45, 2.75) is 51.6 Å². The van der Waals surface area contributed by atoms with E-state index in [-0.39, 0.29) is 5.91 Å². The molecule has 0 radical (unpaired) electrons. The van der Waals surface area contributed by atoms with Crippen LogP contribution in [0.3, 0.4) is 0 Å². The summed E-state index contributed by atoms with van der Waals surface area (Å²) in [6.07, 6.45) is 3.24. The predicted octanol–water partition coefficient (Wildman–Crippen LogP) is 1.26. The van der Waals surface area contributed by atoms with Gasteiger partial charge in [-0.2, -0.15) is 5.26 Å². The van der Waals surface area contributed by atoms with Gasteiger partial charge in [-0.3, -0.25) is 4.79 Å². The Hall–Kier alpha value is -1.08. The molecule has 0 unspecified atom stereocenters. The molecule has 1 atom stereocenters. The van der Waals surface area contributed by atoms with Gasteiger partial charge in [0.25, 0.3) is 0 Å². The van der Waals surface area contributed by atoms with Crippen molar-refractivity contribution in [1.82, 2.24) is 4.90 Å². The second kappa shape index (κ2) is 5.86. The normalized spacial score (nSPS) is 16.9. The first kappa shape index (κ1) is 13.0. The summed E-state index contributed by atoms with van der Waals surface area (Å²) < 4.78 is 0. The van der Waals surface area contributed by atoms with Crippen molar-refractivity contribution in [1.29, 1.82) is 5.26 Å². The van der Waals surface area contributed by atoms with Crippen molar-refractivity contribution in [3.05, 3.63) is 0 Å². The van der Waals surface area contributed by atoms with Crippen LogP contribution in [0.5, 0.6) is 0 Å². The SMILES string of the molecule is CC(C)C[C@H](N)C(=O)N(CCC#N)C1CC1. The third kappa shape index (κ3) is 3.82. The summed E-state index contributed by atoms with van der Waals surface area (Å²) in [4.78, 5) is 13.9. The van der Waals surface area contributed by atoms with Crippen LogP contribution < -0.4 is 5.73 Å². The molecule has 0 spiro atoms. The van der Waals surface area contributed by atoms with Crippen molar-refractivity contribution >= 4 is 5.91 Å². The number of carbonyl (C=O) groups excluding carboxylic acids is 1. The van der Waals surface area contributed by atoms with Crippen LogP contribution in [0.25, 0.3) is 0 Å².